The third kappa shape index (κ3) is 51.3. The maximum absolute atomic E-state index is 12.5. The molecule has 6 nitrogen and oxygen atoms in total. The summed E-state index contributed by atoms with van der Waals surface area (Å²) < 4.78 is 5.47. The quantitative estimate of drug-likeness (QED) is 0.0321. The molecular weight excluding hydrogens is 803 g/mol. The fourth-order valence-electron chi connectivity index (χ4n) is 8.72. The number of carbonyl (C=O) groups excluding carboxylic acids is 2. The van der Waals surface area contributed by atoms with Crippen LogP contribution in [0.3, 0.4) is 0 Å². The third-order valence-corrected chi connectivity index (χ3v) is 13.2. The molecule has 1 amide bonds. The van der Waals surface area contributed by atoms with Crippen molar-refractivity contribution >= 4 is 11.9 Å². The molecule has 0 aromatic rings. The van der Waals surface area contributed by atoms with E-state index in [1.165, 1.54) is 218 Å². The van der Waals surface area contributed by atoms with E-state index < -0.39 is 12.1 Å². The lowest BCUT2D eigenvalue weighted by Crippen LogP contribution is -2.45. The minimum absolute atomic E-state index is 0.0114. The largest absolute Gasteiger partial charge is 0.466 e. The fraction of sp³-hybridized carbons (Fsp3) is 0.864. The van der Waals surface area contributed by atoms with E-state index in [0.29, 0.717) is 19.4 Å². The molecule has 65 heavy (non-hydrogen) atoms. The van der Waals surface area contributed by atoms with Crippen molar-refractivity contribution in [2.75, 3.05) is 13.2 Å². The monoisotopic (exact) mass is 914 g/mol. The van der Waals surface area contributed by atoms with Crippen molar-refractivity contribution in [1.82, 2.24) is 5.32 Å². The number of nitrogens with one attached hydrogen (secondary N) is 1. The number of hydrogen-bond donors (Lipinski definition) is 3. The molecule has 0 aliphatic rings. The maximum atomic E-state index is 12.5. The van der Waals surface area contributed by atoms with Gasteiger partial charge in [0, 0.05) is 12.8 Å². The van der Waals surface area contributed by atoms with Crippen LogP contribution in [-0.2, 0) is 14.3 Å². The first kappa shape index (κ1) is 63.1. The molecule has 0 saturated carbocycles. The number of hydrogen-bond acceptors (Lipinski definition) is 5. The molecule has 0 heterocycles. The van der Waals surface area contributed by atoms with Gasteiger partial charge in [0.2, 0.25) is 5.91 Å². The number of esters is 1. The van der Waals surface area contributed by atoms with Crippen molar-refractivity contribution in [2.24, 2.45) is 0 Å². The van der Waals surface area contributed by atoms with Gasteiger partial charge in [-0.2, -0.15) is 0 Å². The molecule has 382 valence electrons. The average molecular weight is 915 g/mol. The topological polar surface area (TPSA) is 95.9 Å². The predicted octanol–water partition coefficient (Wildman–Crippen LogP) is 17.6. The lowest BCUT2D eigenvalue weighted by Gasteiger charge is -2.20. The van der Waals surface area contributed by atoms with Crippen molar-refractivity contribution in [2.45, 2.75) is 315 Å². The number of aliphatic hydroxyl groups excluding tert-OH is 2. The maximum Gasteiger partial charge on any atom is 0.305 e. The van der Waals surface area contributed by atoms with Gasteiger partial charge in [-0.15, -0.1) is 0 Å². The molecule has 0 aliphatic heterocycles. The molecule has 3 N–H and O–H groups in total. The van der Waals surface area contributed by atoms with Gasteiger partial charge in [0.05, 0.1) is 25.4 Å². The zero-order chi connectivity index (χ0) is 47.2. The first-order chi connectivity index (χ1) is 32.0. The molecule has 0 spiro atoms. The normalized spacial score (nSPS) is 12.9. The molecule has 0 aliphatic carbocycles. The highest BCUT2D eigenvalue weighted by atomic mass is 16.5. The summed E-state index contributed by atoms with van der Waals surface area (Å²) in [7, 11) is 0. The Hall–Kier alpha value is -1.92. The second-order valence-electron chi connectivity index (χ2n) is 19.6. The molecule has 6 heteroatoms. The van der Waals surface area contributed by atoms with Gasteiger partial charge in [0.25, 0.3) is 0 Å². The van der Waals surface area contributed by atoms with E-state index in [9.17, 15) is 19.8 Å². The molecule has 0 saturated heterocycles. The van der Waals surface area contributed by atoms with Gasteiger partial charge in [-0.25, -0.2) is 0 Å². The number of aliphatic hydroxyl groups is 2. The number of unbranched alkanes of at least 4 members (excludes halogenated alkanes) is 38. The number of ether oxygens (including phenoxy) is 1. The van der Waals surface area contributed by atoms with E-state index in [0.717, 1.165) is 57.8 Å². The molecule has 0 bridgehead atoms. The van der Waals surface area contributed by atoms with Crippen LogP contribution in [0.4, 0.5) is 0 Å². The minimum Gasteiger partial charge on any atom is -0.466 e. The third-order valence-electron chi connectivity index (χ3n) is 13.2. The zero-order valence-corrected chi connectivity index (χ0v) is 43.5. The highest BCUT2D eigenvalue weighted by Gasteiger charge is 2.18. The lowest BCUT2D eigenvalue weighted by molar-refractivity contribution is -0.143. The van der Waals surface area contributed by atoms with Crippen LogP contribution in [0.5, 0.6) is 0 Å². The Bertz CT molecular complexity index is 1060. The number of allylic oxidation sites excluding steroid dienone is 5. The van der Waals surface area contributed by atoms with E-state index in [2.05, 4.69) is 43.5 Å². The van der Waals surface area contributed by atoms with Crippen molar-refractivity contribution in [3.8, 4) is 0 Å². The highest BCUT2D eigenvalue weighted by molar-refractivity contribution is 5.76. The van der Waals surface area contributed by atoms with Crippen LogP contribution >= 0.6 is 0 Å². The average Bonchev–Trinajstić information content (AvgIpc) is 3.31. The van der Waals surface area contributed by atoms with Crippen LogP contribution in [0.2, 0.25) is 0 Å². The second kappa shape index (κ2) is 54.7. The SMILES string of the molecule is CCCCCC/C=C\C/C=C\CCCCCCCC(=O)OCCCCCCCCCCCCCCCCCCC(=O)NC(CO)C(O)/C=C/CCCCCCCCCCCCCCCC. The van der Waals surface area contributed by atoms with Crippen LogP contribution in [-0.4, -0.2) is 47.4 Å². The van der Waals surface area contributed by atoms with Crippen molar-refractivity contribution in [3.63, 3.8) is 0 Å². The Morgan fingerprint density at radius 3 is 1.18 bits per heavy atom. The summed E-state index contributed by atoms with van der Waals surface area (Å²) in [5.74, 6) is -0.0858. The van der Waals surface area contributed by atoms with Crippen LogP contribution in [0.25, 0.3) is 0 Å². The Kier molecular flexibility index (Phi) is 53.1. The van der Waals surface area contributed by atoms with E-state index in [4.69, 9.17) is 4.74 Å². The molecule has 2 atom stereocenters. The van der Waals surface area contributed by atoms with E-state index >= 15 is 0 Å². The molecule has 0 fully saturated rings. The Morgan fingerprint density at radius 1 is 0.431 bits per heavy atom. The summed E-state index contributed by atoms with van der Waals surface area (Å²) in [6.07, 6.45) is 67.3. The van der Waals surface area contributed by atoms with Gasteiger partial charge in [-0.1, -0.05) is 262 Å². The summed E-state index contributed by atoms with van der Waals surface area (Å²) in [5, 5.41) is 23.1. The summed E-state index contributed by atoms with van der Waals surface area (Å²) in [6, 6.07) is -0.634. The van der Waals surface area contributed by atoms with Crippen LogP contribution < -0.4 is 5.32 Å². The van der Waals surface area contributed by atoms with Crippen LogP contribution in [0.15, 0.2) is 36.5 Å². The van der Waals surface area contributed by atoms with E-state index in [1.54, 1.807) is 6.08 Å². The number of rotatable bonds is 53. The van der Waals surface area contributed by atoms with Gasteiger partial charge in [-0.05, 0) is 64.2 Å². The minimum atomic E-state index is -0.850. The summed E-state index contributed by atoms with van der Waals surface area (Å²) in [6.45, 7) is 4.87. The Labute approximate surface area is 404 Å². The van der Waals surface area contributed by atoms with Gasteiger partial charge in [0.1, 0.15) is 0 Å². The smallest absolute Gasteiger partial charge is 0.305 e. The van der Waals surface area contributed by atoms with Crippen molar-refractivity contribution in [1.29, 1.82) is 0 Å². The highest BCUT2D eigenvalue weighted by Crippen LogP contribution is 2.16. The zero-order valence-electron chi connectivity index (χ0n) is 43.5. The van der Waals surface area contributed by atoms with Crippen LogP contribution in [0.1, 0.15) is 303 Å². The van der Waals surface area contributed by atoms with E-state index in [1.807, 2.05) is 6.08 Å². The van der Waals surface area contributed by atoms with Crippen molar-refractivity contribution < 1.29 is 24.5 Å². The lowest BCUT2D eigenvalue weighted by atomic mass is 10.0. The Balaban J connectivity index is 3.46. The Morgan fingerprint density at radius 2 is 0.769 bits per heavy atom. The molecule has 0 aromatic heterocycles. The standard InChI is InChI=1S/C59H111NO5/c1-3-5-7-9-11-13-15-17-19-23-27-31-35-39-43-47-51-57(62)56(55-61)60-58(63)52-48-44-40-36-32-28-24-21-22-26-30-34-38-42-46-50-54-65-59(64)53-49-45-41-37-33-29-25-20-18-16-14-12-10-8-6-4-2/h14,16,20,25,47,51,56-57,61-62H,3-13,15,17-19,21-24,26-46,48-50,52-55H2,1-2H3,(H,60,63)/b16-14-,25-20-,51-47+. The van der Waals surface area contributed by atoms with Crippen molar-refractivity contribution in [3.05, 3.63) is 36.5 Å². The summed E-state index contributed by atoms with van der Waals surface area (Å²) >= 11 is 0. The predicted molar refractivity (Wildman–Crippen MR) is 283 cm³/mol. The molecule has 0 radical (unpaired) electrons. The number of carbonyl (C=O) groups is 2. The summed E-state index contributed by atoms with van der Waals surface area (Å²) in [5.41, 5.74) is 0. The molecular formula is C59H111NO5. The van der Waals surface area contributed by atoms with Crippen LogP contribution in [0, 0.1) is 0 Å². The molecule has 0 rings (SSSR count). The second-order valence-corrected chi connectivity index (χ2v) is 19.6. The molecule has 0 aromatic carbocycles. The first-order valence-corrected chi connectivity index (χ1v) is 28.8. The summed E-state index contributed by atoms with van der Waals surface area (Å²) in [4.78, 5) is 24.5. The molecule has 2 unspecified atom stereocenters. The number of amides is 1. The van der Waals surface area contributed by atoms with Gasteiger partial charge >= 0.3 is 5.97 Å². The van der Waals surface area contributed by atoms with Gasteiger partial charge in [-0.3, -0.25) is 9.59 Å². The van der Waals surface area contributed by atoms with Gasteiger partial charge in [0.15, 0.2) is 0 Å². The van der Waals surface area contributed by atoms with Gasteiger partial charge < -0.3 is 20.3 Å². The first-order valence-electron chi connectivity index (χ1n) is 28.8. The van der Waals surface area contributed by atoms with E-state index in [-0.39, 0.29) is 18.5 Å². The fourth-order valence-corrected chi connectivity index (χ4v) is 8.72.